The molecule has 1 heterocycles. The Kier molecular flexibility index (Phi) is 5.23. The Balaban J connectivity index is 1.70. The molecule has 1 unspecified atom stereocenters. The van der Waals surface area contributed by atoms with Gasteiger partial charge < -0.3 is 9.47 Å². The zero-order chi connectivity index (χ0) is 16.2. The number of hydrogen-bond acceptors (Lipinski definition) is 3. The summed E-state index contributed by atoms with van der Waals surface area (Å²) in [5.41, 5.74) is 2.62. The molecular formula is C19H22BrNO2. The van der Waals surface area contributed by atoms with Crippen LogP contribution < -0.4 is 9.47 Å². The predicted octanol–water partition coefficient (Wildman–Crippen LogP) is 4.46. The molecule has 1 saturated heterocycles. The number of nitrogens with zero attached hydrogens (tertiary/aromatic N) is 1. The molecule has 1 fully saturated rings. The van der Waals surface area contributed by atoms with Gasteiger partial charge in [0.15, 0.2) is 0 Å². The molecule has 1 atom stereocenters. The zero-order valence-electron chi connectivity index (χ0n) is 13.6. The van der Waals surface area contributed by atoms with E-state index in [0.29, 0.717) is 5.92 Å². The van der Waals surface area contributed by atoms with Crippen molar-refractivity contribution in [3.05, 3.63) is 58.1 Å². The van der Waals surface area contributed by atoms with Crippen molar-refractivity contribution in [2.75, 3.05) is 27.3 Å². The van der Waals surface area contributed by atoms with Crippen LogP contribution in [0.15, 0.2) is 46.9 Å². The summed E-state index contributed by atoms with van der Waals surface area (Å²) >= 11 is 3.68. The van der Waals surface area contributed by atoms with E-state index in [-0.39, 0.29) is 0 Å². The molecule has 0 N–H and O–H groups in total. The Morgan fingerprint density at radius 2 is 1.96 bits per heavy atom. The molecule has 2 aromatic rings. The number of methoxy groups -OCH3 is 2. The van der Waals surface area contributed by atoms with Crippen molar-refractivity contribution in [2.24, 2.45) is 0 Å². The highest BCUT2D eigenvalue weighted by Gasteiger charge is 2.25. The lowest BCUT2D eigenvalue weighted by atomic mass is 9.99. The van der Waals surface area contributed by atoms with Gasteiger partial charge in [-0.25, -0.2) is 0 Å². The third-order valence-electron chi connectivity index (χ3n) is 4.51. The number of rotatable bonds is 5. The molecule has 0 bridgehead atoms. The number of halogens is 1. The van der Waals surface area contributed by atoms with Gasteiger partial charge in [0.2, 0.25) is 0 Å². The van der Waals surface area contributed by atoms with E-state index < -0.39 is 0 Å². The summed E-state index contributed by atoms with van der Waals surface area (Å²) in [5, 5.41) is 0. The van der Waals surface area contributed by atoms with Crippen molar-refractivity contribution >= 4 is 15.9 Å². The molecule has 0 saturated carbocycles. The smallest absolute Gasteiger partial charge is 0.127 e. The normalized spacial score (nSPS) is 18.1. The molecule has 1 aliphatic rings. The summed E-state index contributed by atoms with van der Waals surface area (Å²) in [7, 11) is 3.39. The SMILES string of the molecule is COc1ccc(CN2CCC(c3ccccc3Br)C2)c(OC)c1. The minimum absolute atomic E-state index is 0.592. The second-order valence-electron chi connectivity index (χ2n) is 5.92. The summed E-state index contributed by atoms with van der Waals surface area (Å²) in [6.07, 6.45) is 1.20. The van der Waals surface area contributed by atoms with Gasteiger partial charge in [-0.1, -0.05) is 40.2 Å². The van der Waals surface area contributed by atoms with Gasteiger partial charge in [-0.15, -0.1) is 0 Å². The number of ether oxygens (including phenoxy) is 2. The lowest BCUT2D eigenvalue weighted by molar-refractivity contribution is 0.316. The number of benzene rings is 2. The first kappa shape index (κ1) is 16.3. The zero-order valence-corrected chi connectivity index (χ0v) is 15.2. The van der Waals surface area contributed by atoms with Gasteiger partial charge in [-0.05, 0) is 36.6 Å². The number of likely N-dealkylation sites (tertiary alicyclic amines) is 1. The standard InChI is InChI=1S/C19H22BrNO2/c1-22-16-8-7-15(19(11-16)23-2)13-21-10-9-14(12-21)17-5-3-4-6-18(17)20/h3-8,11,14H,9-10,12-13H2,1-2H3. The van der Waals surface area contributed by atoms with E-state index in [4.69, 9.17) is 9.47 Å². The lowest BCUT2D eigenvalue weighted by Gasteiger charge is -2.19. The molecule has 23 heavy (non-hydrogen) atoms. The lowest BCUT2D eigenvalue weighted by Crippen LogP contribution is -2.20. The summed E-state index contributed by atoms with van der Waals surface area (Å²) in [6, 6.07) is 14.6. The molecule has 4 heteroatoms. The van der Waals surface area contributed by atoms with Crippen LogP contribution in [0.3, 0.4) is 0 Å². The van der Waals surface area contributed by atoms with E-state index in [1.165, 1.54) is 22.0 Å². The molecule has 0 radical (unpaired) electrons. The van der Waals surface area contributed by atoms with Gasteiger partial charge in [-0.3, -0.25) is 4.90 Å². The second-order valence-corrected chi connectivity index (χ2v) is 6.77. The van der Waals surface area contributed by atoms with Crippen LogP contribution >= 0.6 is 15.9 Å². The van der Waals surface area contributed by atoms with E-state index in [1.54, 1.807) is 14.2 Å². The largest absolute Gasteiger partial charge is 0.497 e. The second kappa shape index (κ2) is 7.37. The maximum Gasteiger partial charge on any atom is 0.127 e. The first-order valence-electron chi connectivity index (χ1n) is 7.89. The first-order chi connectivity index (χ1) is 11.2. The molecule has 0 aromatic heterocycles. The Bertz CT molecular complexity index is 674. The van der Waals surface area contributed by atoms with Crippen LogP contribution in [-0.2, 0) is 6.54 Å². The fourth-order valence-electron chi connectivity index (χ4n) is 3.26. The summed E-state index contributed by atoms with van der Waals surface area (Å²) < 4.78 is 12.0. The maximum atomic E-state index is 5.51. The molecule has 3 rings (SSSR count). The molecule has 3 nitrogen and oxygen atoms in total. The molecule has 122 valence electrons. The molecule has 0 amide bonds. The topological polar surface area (TPSA) is 21.7 Å². The third-order valence-corrected chi connectivity index (χ3v) is 5.23. The monoisotopic (exact) mass is 375 g/mol. The Morgan fingerprint density at radius 1 is 1.13 bits per heavy atom. The maximum absolute atomic E-state index is 5.51. The average Bonchev–Trinajstić information content (AvgIpc) is 3.04. The van der Waals surface area contributed by atoms with Gasteiger partial charge in [0.25, 0.3) is 0 Å². The van der Waals surface area contributed by atoms with E-state index in [1.807, 2.05) is 12.1 Å². The van der Waals surface area contributed by atoms with Crippen LogP contribution in [0.25, 0.3) is 0 Å². The molecule has 0 spiro atoms. The quantitative estimate of drug-likeness (QED) is 0.769. The van der Waals surface area contributed by atoms with Crippen molar-refractivity contribution in [1.82, 2.24) is 4.90 Å². The van der Waals surface area contributed by atoms with Crippen molar-refractivity contribution < 1.29 is 9.47 Å². The van der Waals surface area contributed by atoms with Gasteiger partial charge in [0, 0.05) is 29.2 Å². The van der Waals surface area contributed by atoms with Crippen molar-refractivity contribution in [1.29, 1.82) is 0 Å². The van der Waals surface area contributed by atoms with Crippen LogP contribution in [0.1, 0.15) is 23.5 Å². The molecular weight excluding hydrogens is 354 g/mol. The van der Waals surface area contributed by atoms with Crippen LogP contribution in [0.2, 0.25) is 0 Å². The van der Waals surface area contributed by atoms with E-state index in [0.717, 1.165) is 31.1 Å². The Labute approximate surface area is 146 Å². The van der Waals surface area contributed by atoms with Crippen LogP contribution in [0.5, 0.6) is 11.5 Å². The number of hydrogen-bond donors (Lipinski definition) is 0. The van der Waals surface area contributed by atoms with Crippen LogP contribution in [0.4, 0.5) is 0 Å². The van der Waals surface area contributed by atoms with E-state index in [9.17, 15) is 0 Å². The van der Waals surface area contributed by atoms with Gasteiger partial charge >= 0.3 is 0 Å². The van der Waals surface area contributed by atoms with Gasteiger partial charge in [0.1, 0.15) is 11.5 Å². The molecule has 0 aliphatic carbocycles. The minimum atomic E-state index is 0.592. The van der Waals surface area contributed by atoms with E-state index in [2.05, 4.69) is 51.2 Å². The van der Waals surface area contributed by atoms with Crippen molar-refractivity contribution in [2.45, 2.75) is 18.9 Å². The fourth-order valence-corrected chi connectivity index (χ4v) is 3.87. The molecule has 1 aliphatic heterocycles. The van der Waals surface area contributed by atoms with Gasteiger partial charge in [-0.2, -0.15) is 0 Å². The predicted molar refractivity (Wildman–Crippen MR) is 96.3 cm³/mol. The third kappa shape index (κ3) is 3.70. The summed E-state index contributed by atoms with van der Waals surface area (Å²) in [6.45, 7) is 3.10. The van der Waals surface area contributed by atoms with Crippen molar-refractivity contribution in [3.8, 4) is 11.5 Å². The first-order valence-corrected chi connectivity index (χ1v) is 8.68. The summed E-state index contributed by atoms with van der Waals surface area (Å²) in [5.74, 6) is 2.32. The fraction of sp³-hybridized carbons (Fsp3) is 0.368. The minimum Gasteiger partial charge on any atom is -0.497 e. The van der Waals surface area contributed by atoms with E-state index >= 15 is 0 Å². The highest BCUT2D eigenvalue weighted by atomic mass is 79.9. The Hall–Kier alpha value is -1.52. The van der Waals surface area contributed by atoms with Crippen molar-refractivity contribution in [3.63, 3.8) is 0 Å². The Morgan fingerprint density at radius 3 is 2.70 bits per heavy atom. The van der Waals surface area contributed by atoms with Crippen LogP contribution in [0, 0.1) is 0 Å². The summed E-state index contributed by atoms with van der Waals surface area (Å²) in [4.78, 5) is 2.49. The van der Waals surface area contributed by atoms with Crippen LogP contribution in [-0.4, -0.2) is 32.2 Å². The molecule has 2 aromatic carbocycles. The van der Waals surface area contributed by atoms with Gasteiger partial charge in [0.05, 0.1) is 14.2 Å². The average molecular weight is 376 g/mol. The highest BCUT2D eigenvalue weighted by molar-refractivity contribution is 9.10. The highest BCUT2D eigenvalue weighted by Crippen LogP contribution is 2.34.